The van der Waals surface area contributed by atoms with Crippen LogP contribution < -0.4 is 8.92 Å². The standard InChI is InChI=1S/C26H22Cl2O7S/c1-33-22-13-14(12-17(28)26(22)35-36(31,32)16-10-8-15(27)9-11-16)23-24-18(29)4-2-6-20(24)34-21-7-3-5-19(30)25(21)23/h8-13,23H,2-7H2,1H3. The Labute approximate surface area is 218 Å². The lowest BCUT2D eigenvalue weighted by Gasteiger charge is -2.36. The molecule has 7 nitrogen and oxygen atoms in total. The number of carbonyl (C=O) groups excluding carboxylic acids is 2. The maximum absolute atomic E-state index is 13.0. The van der Waals surface area contributed by atoms with E-state index in [1.165, 1.54) is 37.4 Å². The zero-order valence-corrected chi connectivity index (χ0v) is 21.6. The number of rotatable bonds is 5. The molecule has 2 aliphatic carbocycles. The molecule has 0 fully saturated rings. The van der Waals surface area contributed by atoms with Gasteiger partial charge in [-0.2, -0.15) is 8.42 Å². The maximum Gasteiger partial charge on any atom is 0.339 e. The number of benzene rings is 2. The van der Waals surface area contributed by atoms with Gasteiger partial charge < -0.3 is 13.7 Å². The Morgan fingerprint density at radius 1 is 0.889 bits per heavy atom. The third-order valence-electron chi connectivity index (χ3n) is 6.52. The quantitative estimate of drug-likeness (QED) is 0.429. The first-order valence-corrected chi connectivity index (χ1v) is 13.6. The SMILES string of the molecule is COc1cc(C2C3=C(CCCC3=O)OC3=C2C(=O)CCC3)cc(Cl)c1OS(=O)(=O)c1ccc(Cl)cc1. The lowest BCUT2D eigenvalue weighted by Crippen LogP contribution is -2.30. The van der Waals surface area contributed by atoms with Crippen molar-refractivity contribution in [1.82, 2.24) is 0 Å². The largest absolute Gasteiger partial charge is 0.493 e. The second kappa shape index (κ2) is 9.57. The molecule has 0 radical (unpaired) electrons. The summed E-state index contributed by atoms with van der Waals surface area (Å²) < 4.78 is 42.6. The number of ketones is 2. The van der Waals surface area contributed by atoms with Gasteiger partial charge >= 0.3 is 10.1 Å². The van der Waals surface area contributed by atoms with Crippen LogP contribution in [0.1, 0.15) is 50.0 Å². The third kappa shape index (κ3) is 4.42. The van der Waals surface area contributed by atoms with Gasteiger partial charge in [-0.05, 0) is 54.8 Å². The summed E-state index contributed by atoms with van der Waals surface area (Å²) in [4.78, 5) is 25.9. The predicted molar refractivity (Wildman–Crippen MR) is 133 cm³/mol. The number of hydrogen-bond acceptors (Lipinski definition) is 7. The van der Waals surface area contributed by atoms with Crippen LogP contribution in [0.15, 0.2) is 64.0 Å². The van der Waals surface area contributed by atoms with Crippen molar-refractivity contribution in [3.8, 4) is 11.5 Å². The molecule has 1 heterocycles. The van der Waals surface area contributed by atoms with Gasteiger partial charge in [0.15, 0.2) is 17.3 Å². The van der Waals surface area contributed by atoms with Crippen molar-refractivity contribution >= 4 is 44.9 Å². The molecule has 0 atom stereocenters. The lowest BCUT2D eigenvalue weighted by atomic mass is 9.73. The van der Waals surface area contributed by atoms with Crippen LogP contribution in [0.25, 0.3) is 0 Å². The summed E-state index contributed by atoms with van der Waals surface area (Å²) in [7, 11) is -2.89. The summed E-state index contributed by atoms with van der Waals surface area (Å²) in [5, 5.41) is 0.339. The molecular weight excluding hydrogens is 527 g/mol. The van der Waals surface area contributed by atoms with Crippen molar-refractivity contribution in [1.29, 1.82) is 0 Å². The number of carbonyl (C=O) groups is 2. The van der Waals surface area contributed by atoms with E-state index in [1.807, 2.05) is 0 Å². The second-order valence-electron chi connectivity index (χ2n) is 8.79. The molecule has 10 heteroatoms. The highest BCUT2D eigenvalue weighted by Gasteiger charge is 2.42. The average Bonchev–Trinajstić information content (AvgIpc) is 2.84. The highest BCUT2D eigenvalue weighted by molar-refractivity contribution is 7.87. The van der Waals surface area contributed by atoms with Crippen molar-refractivity contribution in [2.45, 2.75) is 49.3 Å². The van der Waals surface area contributed by atoms with Crippen LogP contribution in [-0.2, 0) is 24.4 Å². The average molecular weight is 549 g/mol. The zero-order chi connectivity index (χ0) is 25.6. The van der Waals surface area contributed by atoms with Gasteiger partial charge in [0.05, 0.1) is 12.1 Å². The van der Waals surface area contributed by atoms with Crippen molar-refractivity contribution in [2.75, 3.05) is 7.11 Å². The van der Waals surface area contributed by atoms with Crippen LogP contribution in [0.2, 0.25) is 10.0 Å². The molecule has 1 aliphatic heterocycles. The molecule has 0 amide bonds. The van der Waals surface area contributed by atoms with Gasteiger partial charge in [0.25, 0.3) is 0 Å². The van der Waals surface area contributed by atoms with E-state index in [1.54, 1.807) is 6.07 Å². The smallest absolute Gasteiger partial charge is 0.339 e. The Hall–Kier alpha value is -2.81. The summed E-state index contributed by atoms with van der Waals surface area (Å²) in [6, 6.07) is 8.59. The van der Waals surface area contributed by atoms with Crippen molar-refractivity contribution in [3.05, 3.63) is 74.7 Å². The molecular formula is C26H22Cl2O7S. The van der Waals surface area contributed by atoms with Crippen LogP contribution in [0.3, 0.4) is 0 Å². The molecule has 0 N–H and O–H groups in total. The molecule has 0 saturated heterocycles. The van der Waals surface area contributed by atoms with Crippen LogP contribution >= 0.6 is 23.2 Å². The molecule has 0 unspecified atom stereocenters. The van der Waals surface area contributed by atoms with E-state index >= 15 is 0 Å². The first kappa shape index (κ1) is 24.9. The Balaban J connectivity index is 1.61. The third-order valence-corrected chi connectivity index (χ3v) is 8.29. The van der Waals surface area contributed by atoms with Crippen molar-refractivity contribution < 1.29 is 31.7 Å². The Kier molecular flexibility index (Phi) is 6.61. The molecule has 0 bridgehead atoms. The van der Waals surface area contributed by atoms with Gasteiger partial charge in [-0.3, -0.25) is 9.59 Å². The number of halogens is 2. The van der Waals surface area contributed by atoms with Crippen molar-refractivity contribution in [3.63, 3.8) is 0 Å². The van der Waals surface area contributed by atoms with Gasteiger partial charge in [0.2, 0.25) is 5.75 Å². The number of Topliss-reactive ketones (excluding diaryl/α,β-unsaturated/α-hetero) is 2. The molecule has 0 spiro atoms. The minimum atomic E-state index is -4.25. The fourth-order valence-corrected chi connectivity index (χ4v) is 6.28. The Morgan fingerprint density at radius 2 is 1.47 bits per heavy atom. The molecule has 2 aromatic carbocycles. The molecule has 2 aromatic rings. The highest BCUT2D eigenvalue weighted by Crippen LogP contribution is 2.50. The first-order chi connectivity index (χ1) is 17.2. The molecule has 188 valence electrons. The van der Waals surface area contributed by atoms with Gasteiger partial charge in [0.1, 0.15) is 16.4 Å². The number of hydrogen-bond donors (Lipinski definition) is 0. The van der Waals surface area contributed by atoms with Crippen LogP contribution in [-0.4, -0.2) is 27.1 Å². The van der Waals surface area contributed by atoms with E-state index in [0.29, 0.717) is 71.8 Å². The van der Waals surface area contributed by atoms with Crippen LogP contribution in [0.5, 0.6) is 11.5 Å². The highest BCUT2D eigenvalue weighted by atomic mass is 35.5. The Bertz CT molecular complexity index is 1400. The summed E-state index contributed by atoms with van der Waals surface area (Å²) in [6.45, 7) is 0. The lowest BCUT2D eigenvalue weighted by molar-refractivity contribution is -0.117. The van der Waals surface area contributed by atoms with E-state index in [-0.39, 0.29) is 33.0 Å². The summed E-state index contributed by atoms with van der Waals surface area (Å²) >= 11 is 12.4. The fourth-order valence-electron chi connectivity index (χ4n) is 4.90. The summed E-state index contributed by atoms with van der Waals surface area (Å²) in [6.07, 6.45) is 3.30. The minimum Gasteiger partial charge on any atom is -0.493 e. The first-order valence-electron chi connectivity index (χ1n) is 11.5. The molecule has 3 aliphatic rings. The maximum atomic E-state index is 13.0. The van der Waals surface area contributed by atoms with Gasteiger partial charge in [-0.15, -0.1) is 0 Å². The van der Waals surface area contributed by atoms with Gasteiger partial charge in [-0.25, -0.2) is 0 Å². The second-order valence-corrected chi connectivity index (χ2v) is 11.2. The van der Waals surface area contributed by atoms with Crippen molar-refractivity contribution in [2.24, 2.45) is 0 Å². The van der Waals surface area contributed by atoms with E-state index in [0.717, 1.165) is 0 Å². The summed E-state index contributed by atoms with van der Waals surface area (Å²) in [5.74, 6) is 0.211. The van der Waals surface area contributed by atoms with Crippen LogP contribution in [0.4, 0.5) is 0 Å². The van der Waals surface area contributed by atoms with E-state index in [4.69, 9.17) is 36.9 Å². The topological polar surface area (TPSA) is 96.0 Å². The van der Waals surface area contributed by atoms with E-state index in [9.17, 15) is 18.0 Å². The molecule has 36 heavy (non-hydrogen) atoms. The fraction of sp³-hybridized carbons (Fsp3) is 0.308. The van der Waals surface area contributed by atoms with Gasteiger partial charge in [-0.1, -0.05) is 23.2 Å². The van der Waals surface area contributed by atoms with E-state index < -0.39 is 16.0 Å². The predicted octanol–water partition coefficient (Wildman–Crippen LogP) is 5.90. The van der Waals surface area contributed by atoms with Crippen LogP contribution in [0, 0.1) is 0 Å². The number of ether oxygens (including phenoxy) is 2. The monoisotopic (exact) mass is 548 g/mol. The van der Waals surface area contributed by atoms with E-state index in [2.05, 4.69) is 0 Å². The molecule has 0 saturated carbocycles. The normalized spacial score (nSPS) is 18.5. The van der Waals surface area contributed by atoms with Gasteiger partial charge in [0, 0.05) is 47.8 Å². The minimum absolute atomic E-state index is 0.0378. The molecule has 0 aromatic heterocycles. The number of methoxy groups -OCH3 is 1. The molecule has 5 rings (SSSR count). The summed E-state index contributed by atoms with van der Waals surface area (Å²) in [5.41, 5.74) is 1.44. The zero-order valence-electron chi connectivity index (χ0n) is 19.3. The Morgan fingerprint density at radius 3 is 2.03 bits per heavy atom. The number of allylic oxidation sites excluding steroid dienone is 4.